The van der Waals surface area contributed by atoms with Crippen molar-refractivity contribution in [2.45, 2.75) is 25.8 Å². The van der Waals surface area contributed by atoms with Gasteiger partial charge in [-0.25, -0.2) is 5.01 Å². The lowest BCUT2D eigenvalue weighted by molar-refractivity contribution is -0.131. The number of benzene rings is 2. The number of rotatable bonds is 5. The van der Waals surface area contributed by atoms with E-state index in [1.165, 1.54) is 12.1 Å². The first kappa shape index (κ1) is 19.6. The first-order valence-electron chi connectivity index (χ1n) is 9.05. The summed E-state index contributed by atoms with van der Waals surface area (Å²) in [5.74, 6) is -1.59. The summed E-state index contributed by atoms with van der Waals surface area (Å²) in [4.78, 5) is 37.5. The van der Waals surface area contributed by atoms with Crippen LogP contribution >= 0.6 is 0 Å². The summed E-state index contributed by atoms with van der Waals surface area (Å²) in [6.45, 7) is 3.22. The maximum Gasteiger partial charge on any atom is 0.261 e. The van der Waals surface area contributed by atoms with E-state index < -0.39 is 23.8 Å². The molecule has 2 aromatic carbocycles. The number of anilines is 1. The Morgan fingerprint density at radius 2 is 1.75 bits per heavy atom. The van der Waals surface area contributed by atoms with Gasteiger partial charge in [0.1, 0.15) is 12.6 Å². The van der Waals surface area contributed by atoms with E-state index in [4.69, 9.17) is 4.74 Å². The molecule has 2 N–H and O–H groups in total. The Balaban J connectivity index is 1.92. The van der Waals surface area contributed by atoms with E-state index in [1.54, 1.807) is 13.0 Å². The number of para-hydroxylation sites is 1. The topological polar surface area (TPSA) is 87.7 Å². The maximum atomic E-state index is 13.2. The van der Waals surface area contributed by atoms with Gasteiger partial charge in [0.05, 0.1) is 11.6 Å². The maximum absolute atomic E-state index is 13.2. The van der Waals surface area contributed by atoms with Crippen LogP contribution in [0.25, 0.3) is 11.1 Å². The van der Waals surface area contributed by atoms with Gasteiger partial charge in [0.2, 0.25) is 5.91 Å². The molecule has 2 atom stereocenters. The third-order valence-corrected chi connectivity index (χ3v) is 4.72. The quantitative estimate of drug-likeness (QED) is 0.829. The highest BCUT2D eigenvalue weighted by molar-refractivity contribution is 6.06. The van der Waals surface area contributed by atoms with Crippen LogP contribution in [0.15, 0.2) is 48.5 Å². The summed E-state index contributed by atoms with van der Waals surface area (Å²) in [6, 6.07) is 14.3. The predicted molar refractivity (Wildman–Crippen MR) is 105 cm³/mol. The summed E-state index contributed by atoms with van der Waals surface area (Å²) in [5, 5.41) is 3.82. The summed E-state index contributed by atoms with van der Waals surface area (Å²) < 4.78 is 4.76. The molecule has 7 heteroatoms. The molecule has 0 spiro atoms. The number of ether oxygens (including phenoxy) is 1. The third-order valence-electron chi connectivity index (χ3n) is 4.72. The predicted octanol–water partition coefficient (Wildman–Crippen LogP) is 1.99. The standard InChI is InChI=1S/C21H23N3O4/c1-13-15-8-4-5-9-16(15)17-10-6-7-11-18(17)24(21(13)27)23-20(26)14(2)22-19(25)12-28-3/h4-11,13-14H,12H2,1-3H3,(H,22,25)(H,23,26)/t13?,14-/m0/s1. The molecule has 28 heavy (non-hydrogen) atoms. The molecular formula is C21H23N3O4. The number of hydrogen-bond donors (Lipinski definition) is 2. The number of nitrogens with one attached hydrogen (secondary N) is 2. The number of nitrogens with zero attached hydrogens (tertiary/aromatic N) is 1. The van der Waals surface area contributed by atoms with Crippen molar-refractivity contribution >= 4 is 23.4 Å². The number of hydrogen-bond acceptors (Lipinski definition) is 4. The van der Waals surface area contributed by atoms with Gasteiger partial charge in [-0.1, -0.05) is 42.5 Å². The molecule has 0 saturated heterocycles. The van der Waals surface area contributed by atoms with E-state index in [0.717, 1.165) is 16.7 Å². The molecule has 1 aliphatic heterocycles. The number of carbonyl (C=O) groups is 3. The average molecular weight is 381 g/mol. The van der Waals surface area contributed by atoms with Crippen molar-refractivity contribution in [1.82, 2.24) is 10.7 Å². The van der Waals surface area contributed by atoms with Gasteiger partial charge in [-0.2, -0.15) is 0 Å². The molecule has 0 bridgehead atoms. The van der Waals surface area contributed by atoms with Crippen molar-refractivity contribution in [3.05, 3.63) is 54.1 Å². The molecule has 3 rings (SSSR count). The lowest BCUT2D eigenvalue weighted by Crippen LogP contribution is -2.54. The molecule has 0 fully saturated rings. The smallest absolute Gasteiger partial charge is 0.261 e. The van der Waals surface area contributed by atoms with Crippen molar-refractivity contribution in [1.29, 1.82) is 0 Å². The minimum Gasteiger partial charge on any atom is -0.375 e. The Hall–Kier alpha value is -3.19. The molecule has 0 aromatic heterocycles. The van der Waals surface area contributed by atoms with Crippen LogP contribution in [0.1, 0.15) is 25.3 Å². The fourth-order valence-electron chi connectivity index (χ4n) is 3.26. The minimum absolute atomic E-state index is 0.143. The Kier molecular flexibility index (Phi) is 5.75. The van der Waals surface area contributed by atoms with E-state index >= 15 is 0 Å². The van der Waals surface area contributed by atoms with E-state index in [1.807, 2.05) is 49.4 Å². The Bertz CT molecular complexity index is 912. The number of carbonyl (C=O) groups excluding carboxylic acids is 3. The molecule has 1 aliphatic rings. The summed E-state index contributed by atoms with van der Waals surface area (Å²) in [7, 11) is 1.40. The Labute approximate surface area is 163 Å². The lowest BCUT2D eigenvalue weighted by Gasteiger charge is -2.26. The second-order valence-corrected chi connectivity index (χ2v) is 6.70. The van der Waals surface area contributed by atoms with Gasteiger partial charge in [0, 0.05) is 12.7 Å². The first-order valence-corrected chi connectivity index (χ1v) is 9.05. The zero-order valence-electron chi connectivity index (χ0n) is 16.1. The molecule has 0 saturated carbocycles. The molecule has 0 radical (unpaired) electrons. The lowest BCUT2D eigenvalue weighted by atomic mass is 9.92. The normalized spacial score (nSPS) is 16.5. The number of methoxy groups -OCH3 is 1. The van der Waals surface area contributed by atoms with Gasteiger partial charge < -0.3 is 10.1 Å². The third kappa shape index (κ3) is 3.75. The van der Waals surface area contributed by atoms with E-state index in [2.05, 4.69) is 10.7 Å². The van der Waals surface area contributed by atoms with Crippen LogP contribution in [0.3, 0.4) is 0 Å². The number of amides is 3. The number of hydrazine groups is 1. The first-order chi connectivity index (χ1) is 13.4. The van der Waals surface area contributed by atoms with Crippen LogP contribution < -0.4 is 15.8 Å². The van der Waals surface area contributed by atoms with Crippen LogP contribution in [0.5, 0.6) is 0 Å². The highest BCUT2D eigenvalue weighted by Gasteiger charge is 2.33. The molecular weight excluding hydrogens is 358 g/mol. The van der Waals surface area contributed by atoms with E-state index in [9.17, 15) is 14.4 Å². The molecule has 0 aliphatic carbocycles. The van der Waals surface area contributed by atoms with Crippen LogP contribution in [-0.4, -0.2) is 37.5 Å². The molecule has 7 nitrogen and oxygen atoms in total. The van der Waals surface area contributed by atoms with E-state index in [0.29, 0.717) is 5.69 Å². The Morgan fingerprint density at radius 1 is 1.11 bits per heavy atom. The highest BCUT2D eigenvalue weighted by atomic mass is 16.5. The zero-order chi connectivity index (χ0) is 20.3. The Morgan fingerprint density at radius 3 is 2.46 bits per heavy atom. The average Bonchev–Trinajstić information content (AvgIpc) is 2.78. The van der Waals surface area contributed by atoms with Gasteiger partial charge in [0.25, 0.3) is 11.8 Å². The number of fused-ring (bicyclic) bond motifs is 3. The van der Waals surface area contributed by atoms with Gasteiger partial charge in [-0.3, -0.25) is 19.8 Å². The second kappa shape index (κ2) is 8.22. The molecule has 3 amide bonds. The highest BCUT2D eigenvalue weighted by Crippen LogP contribution is 2.39. The van der Waals surface area contributed by atoms with Gasteiger partial charge in [0.15, 0.2) is 0 Å². The minimum atomic E-state index is -0.830. The molecule has 146 valence electrons. The molecule has 1 heterocycles. The summed E-state index contributed by atoms with van der Waals surface area (Å²) >= 11 is 0. The second-order valence-electron chi connectivity index (χ2n) is 6.70. The van der Waals surface area contributed by atoms with Crippen molar-refractivity contribution in [3.63, 3.8) is 0 Å². The van der Waals surface area contributed by atoms with Gasteiger partial charge >= 0.3 is 0 Å². The summed E-state index contributed by atoms with van der Waals surface area (Å²) in [6.07, 6.45) is 0. The van der Waals surface area contributed by atoms with Gasteiger partial charge in [-0.15, -0.1) is 0 Å². The fourth-order valence-corrected chi connectivity index (χ4v) is 3.26. The fraction of sp³-hybridized carbons (Fsp3) is 0.286. The van der Waals surface area contributed by atoms with Crippen molar-refractivity contribution in [2.24, 2.45) is 0 Å². The largest absolute Gasteiger partial charge is 0.375 e. The molecule has 1 unspecified atom stereocenters. The van der Waals surface area contributed by atoms with Crippen LogP contribution in [-0.2, 0) is 19.1 Å². The van der Waals surface area contributed by atoms with Crippen LogP contribution in [0.4, 0.5) is 5.69 Å². The molecule has 2 aromatic rings. The van der Waals surface area contributed by atoms with Crippen LogP contribution in [0.2, 0.25) is 0 Å². The van der Waals surface area contributed by atoms with Crippen molar-refractivity contribution < 1.29 is 19.1 Å². The monoisotopic (exact) mass is 381 g/mol. The SMILES string of the molecule is COCC(=O)N[C@@H](C)C(=O)NN1C(=O)C(C)c2ccccc2-c2ccccc21. The van der Waals surface area contributed by atoms with Crippen LogP contribution in [0, 0.1) is 0 Å². The van der Waals surface area contributed by atoms with Crippen molar-refractivity contribution in [2.75, 3.05) is 18.7 Å². The van der Waals surface area contributed by atoms with E-state index in [-0.39, 0.29) is 12.5 Å². The van der Waals surface area contributed by atoms with Crippen molar-refractivity contribution in [3.8, 4) is 11.1 Å². The van der Waals surface area contributed by atoms with Gasteiger partial charge in [-0.05, 0) is 31.0 Å². The summed E-state index contributed by atoms with van der Waals surface area (Å²) in [5.41, 5.74) is 5.97. The zero-order valence-corrected chi connectivity index (χ0v) is 16.1.